The highest BCUT2D eigenvalue weighted by Crippen LogP contribution is 2.29. The molecule has 0 aliphatic carbocycles. The third kappa shape index (κ3) is 3.17. The molecule has 0 bridgehead atoms. The molecule has 2 rings (SSSR count). The summed E-state index contributed by atoms with van der Waals surface area (Å²) in [6.45, 7) is 1.49. The van der Waals surface area contributed by atoms with E-state index in [0.29, 0.717) is 18.0 Å². The monoisotopic (exact) mass is 286 g/mol. The Hall–Kier alpha value is -1.31. The molecule has 0 unspecified atom stereocenters. The van der Waals surface area contributed by atoms with E-state index in [4.69, 9.17) is 9.47 Å². The second kappa shape index (κ2) is 5.77. The van der Waals surface area contributed by atoms with Gasteiger partial charge in [-0.25, -0.2) is 13.1 Å². The summed E-state index contributed by atoms with van der Waals surface area (Å²) in [5, 5.41) is 3.12. The summed E-state index contributed by atoms with van der Waals surface area (Å²) in [6.07, 6.45) is 0.798. The Balaban J connectivity index is 2.24. The molecule has 0 amide bonds. The van der Waals surface area contributed by atoms with Crippen LogP contribution in [0.4, 0.5) is 0 Å². The van der Waals surface area contributed by atoms with Gasteiger partial charge in [0.15, 0.2) is 11.5 Å². The zero-order valence-corrected chi connectivity index (χ0v) is 11.8. The third-order valence-corrected chi connectivity index (χ3v) is 4.57. The molecule has 1 fully saturated rings. The second-order valence-electron chi connectivity index (χ2n) is 4.33. The Bertz CT molecular complexity index is 539. The van der Waals surface area contributed by atoms with Crippen molar-refractivity contribution in [2.75, 3.05) is 27.3 Å². The van der Waals surface area contributed by atoms with Gasteiger partial charge in [0.2, 0.25) is 10.0 Å². The molecule has 1 aliphatic heterocycles. The van der Waals surface area contributed by atoms with E-state index in [1.165, 1.54) is 26.4 Å². The van der Waals surface area contributed by atoms with E-state index in [1.54, 1.807) is 6.07 Å². The van der Waals surface area contributed by atoms with Crippen LogP contribution >= 0.6 is 0 Å². The predicted octanol–water partition coefficient (Wildman–Crippen LogP) is 0.344. The van der Waals surface area contributed by atoms with Crippen LogP contribution in [0.15, 0.2) is 23.1 Å². The minimum absolute atomic E-state index is 0.0573. The molecule has 0 radical (unpaired) electrons. The van der Waals surface area contributed by atoms with Crippen LogP contribution in [-0.4, -0.2) is 41.8 Å². The molecule has 0 aromatic heterocycles. The molecule has 1 aromatic carbocycles. The van der Waals surface area contributed by atoms with Crippen LogP contribution in [0.2, 0.25) is 0 Å². The summed E-state index contributed by atoms with van der Waals surface area (Å²) < 4.78 is 37.3. The number of hydrogen-bond donors (Lipinski definition) is 2. The van der Waals surface area contributed by atoms with Crippen LogP contribution in [0, 0.1) is 0 Å². The lowest BCUT2D eigenvalue weighted by Crippen LogP contribution is -2.36. The van der Waals surface area contributed by atoms with Crippen LogP contribution in [-0.2, 0) is 10.0 Å². The molecule has 1 aliphatic rings. The Morgan fingerprint density at radius 1 is 1.26 bits per heavy atom. The number of hydrogen-bond acceptors (Lipinski definition) is 5. The lowest BCUT2D eigenvalue weighted by atomic mass is 10.3. The first-order valence-corrected chi connectivity index (χ1v) is 7.50. The van der Waals surface area contributed by atoms with Crippen molar-refractivity contribution < 1.29 is 17.9 Å². The zero-order chi connectivity index (χ0) is 13.9. The van der Waals surface area contributed by atoms with Gasteiger partial charge in [-0.1, -0.05) is 0 Å². The van der Waals surface area contributed by atoms with Gasteiger partial charge in [-0.15, -0.1) is 0 Å². The first-order chi connectivity index (χ1) is 9.06. The number of ether oxygens (including phenoxy) is 2. The lowest BCUT2D eigenvalue weighted by Gasteiger charge is -2.14. The average Bonchev–Trinajstić information content (AvgIpc) is 2.89. The lowest BCUT2D eigenvalue weighted by molar-refractivity contribution is 0.354. The molecule has 6 nitrogen and oxygen atoms in total. The summed E-state index contributed by atoms with van der Waals surface area (Å²) in [5.41, 5.74) is 0. The average molecular weight is 286 g/mol. The van der Waals surface area contributed by atoms with Gasteiger partial charge in [0.1, 0.15) is 0 Å². The molecule has 1 aromatic rings. The maximum absolute atomic E-state index is 12.2. The van der Waals surface area contributed by atoms with Gasteiger partial charge in [-0.3, -0.25) is 0 Å². The van der Waals surface area contributed by atoms with Crippen molar-refractivity contribution >= 4 is 10.0 Å². The SMILES string of the molecule is COc1ccc(S(=O)(=O)N[C@@H]2CCNC2)cc1OC. The van der Waals surface area contributed by atoms with Gasteiger partial charge in [-0.05, 0) is 25.1 Å². The number of benzene rings is 1. The molecular weight excluding hydrogens is 268 g/mol. The van der Waals surface area contributed by atoms with E-state index in [-0.39, 0.29) is 10.9 Å². The highest BCUT2D eigenvalue weighted by molar-refractivity contribution is 7.89. The standard InChI is InChI=1S/C12H18N2O4S/c1-17-11-4-3-10(7-12(11)18-2)19(15,16)14-9-5-6-13-8-9/h3-4,7,9,13-14H,5-6,8H2,1-2H3/t9-/m1/s1. The van der Waals surface area contributed by atoms with Gasteiger partial charge < -0.3 is 14.8 Å². The fourth-order valence-corrected chi connectivity index (χ4v) is 3.31. The molecule has 19 heavy (non-hydrogen) atoms. The van der Waals surface area contributed by atoms with Crippen molar-refractivity contribution in [2.24, 2.45) is 0 Å². The highest BCUT2D eigenvalue weighted by atomic mass is 32.2. The summed E-state index contributed by atoms with van der Waals surface area (Å²) in [7, 11) is -0.544. The predicted molar refractivity (Wildman–Crippen MR) is 71.1 cm³/mol. The van der Waals surface area contributed by atoms with Crippen LogP contribution < -0.4 is 19.5 Å². The van der Waals surface area contributed by atoms with Gasteiger partial charge in [0, 0.05) is 18.7 Å². The van der Waals surface area contributed by atoms with Gasteiger partial charge in [0.05, 0.1) is 19.1 Å². The molecule has 0 spiro atoms. The van der Waals surface area contributed by atoms with Gasteiger partial charge >= 0.3 is 0 Å². The maximum Gasteiger partial charge on any atom is 0.241 e. The van der Waals surface area contributed by atoms with E-state index in [1.807, 2.05) is 0 Å². The summed E-state index contributed by atoms with van der Waals surface area (Å²) in [5.74, 6) is 0.902. The molecule has 2 N–H and O–H groups in total. The Morgan fingerprint density at radius 2 is 2.00 bits per heavy atom. The minimum Gasteiger partial charge on any atom is -0.493 e. The number of sulfonamides is 1. The molecule has 1 atom stereocenters. The number of rotatable bonds is 5. The summed E-state index contributed by atoms with van der Waals surface area (Å²) in [4.78, 5) is 0.178. The minimum atomic E-state index is -3.53. The van der Waals surface area contributed by atoms with Crippen LogP contribution in [0.3, 0.4) is 0 Å². The number of methoxy groups -OCH3 is 2. The van der Waals surface area contributed by atoms with E-state index in [2.05, 4.69) is 10.0 Å². The quantitative estimate of drug-likeness (QED) is 0.816. The van der Waals surface area contributed by atoms with Crippen molar-refractivity contribution in [3.63, 3.8) is 0 Å². The van der Waals surface area contributed by atoms with Crippen molar-refractivity contribution in [3.05, 3.63) is 18.2 Å². The van der Waals surface area contributed by atoms with Gasteiger partial charge in [-0.2, -0.15) is 0 Å². The first kappa shape index (κ1) is 14.1. The Labute approximate surface area is 113 Å². The fraction of sp³-hybridized carbons (Fsp3) is 0.500. The third-order valence-electron chi connectivity index (χ3n) is 3.05. The molecule has 1 heterocycles. The Kier molecular flexibility index (Phi) is 4.28. The molecule has 1 saturated heterocycles. The second-order valence-corrected chi connectivity index (χ2v) is 6.04. The van der Waals surface area contributed by atoms with Crippen LogP contribution in [0.1, 0.15) is 6.42 Å². The first-order valence-electron chi connectivity index (χ1n) is 6.02. The van der Waals surface area contributed by atoms with Gasteiger partial charge in [0.25, 0.3) is 0 Å². The van der Waals surface area contributed by atoms with E-state index >= 15 is 0 Å². The van der Waals surface area contributed by atoms with Crippen LogP contribution in [0.25, 0.3) is 0 Å². The zero-order valence-electron chi connectivity index (χ0n) is 11.0. The Morgan fingerprint density at radius 3 is 2.58 bits per heavy atom. The molecular formula is C12H18N2O4S. The van der Waals surface area contributed by atoms with Crippen molar-refractivity contribution in [2.45, 2.75) is 17.4 Å². The molecule has 7 heteroatoms. The van der Waals surface area contributed by atoms with E-state index in [0.717, 1.165) is 13.0 Å². The largest absolute Gasteiger partial charge is 0.493 e. The summed E-state index contributed by atoms with van der Waals surface area (Å²) >= 11 is 0. The molecule has 0 saturated carbocycles. The van der Waals surface area contributed by atoms with Crippen molar-refractivity contribution in [3.8, 4) is 11.5 Å². The van der Waals surface area contributed by atoms with Crippen molar-refractivity contribution in [1.29, 1.82) is 0 Å². The summed E-state index contributed by atoms with van der Waals surface area (Å²) in [6, 6.07) is 4.49. The number of nitrogens with one attached hydrogen (secondary N) is 2. The normalized spacial score (nSPS) is 19.4. The smallest absolute Gasteiger partial charge is 0.241 e. The maximum atomic E-state index is 12.2. The fourth-order valence-electron chi connectivity index (χ4n) is 2.03. The van der Waals surface area contributed by atoms with Crippen LogP contribution in [0.5, 0.6) is 11.5 Å². The van der Waals surface area contributed by atoms with E-state index < -0.39 is 10.0 Å². The van der Waals surface area contributed by atoms with Crippen molar-refractivity contribution in [1.82, 2.24) is 10.0 Å². The highest BCUT2D eigenvalue weighted by Gasteiger charge is 2.23. The van der Waals surface area contributed by atoms with E-state index in [9.17, 15) is 8.42 Å². The molecule has 106 valence electrons. The topological polar surface area (TPSA) is 76.7 Å².